The van der Waals surface area contributed by atoms with E-state index >= 15 is 0 Å². The van der Waals surface area contributed by atoms with Gasteiger partial charge >= 0.3 is 58.4 Å². The topological polar surface area (TPSA) is 52.0 Å². The van der Waals surface area contributed by atoms with E-state index in [0.717, 1.165) is 0 Å². The molecule has 4 atom stereocenters. The van der Waals surface area contributed by atoms with Crippen LogP contribution < -0.4 is 32.7 Å². The van der Waals surface area contributed by atoms with Crippen molar-refractivity contribution in [2.75, 3.05) is 0 Å². The molecule has 2 nitrogen and oxygen atoms in total. The molecule has 4 N–H and O–H groups in total. The molecule has 244 valence electrons. The predicted molar refractivity (Wildman–Crippen MR) is 193 cm³/mol. The molecule has 2 fully saturated rings. The summed E-state index contributed by atoms with van der Waals surface area (Å²) in [6.45, 7) is 0. The van der Waals surface area contributed by atoms with Crippen LogP contribution >= 0.6 is 34.2 Å². The number of hydrogen-bond donors (Lipinski definition) is 2. The van der Waals surface area contributed by atoms with Crippen LogP contribution in [-0.4, -0.2) is 23.4 Å². The van der Waals surface area contributed by atoms with Gasteiger partial charge in [0.1, 0.15) is 0 Å². The van der Waals surface area contributed by atoms with Gasteiger partial charge in [-0.2, -0.15) is 0 Å². The van der Waals surface area contributed by atoms with Crippen molar-refractivity contribution < 1.29 is 40.0 Å². The fourth-order valence-corrected chi connectivity index (χ4v) is 13.5. The normalized spacial score (nSPS) is 21.1. The summed E-state index contributed by atoms with van der Waals surface area (Å²) >= 11 is 3.50. The number of halogens is 2. The van der Waals surface area contributed by atoms with E-state index in [2.05, 4.69) is 140 Å². The zero-order chi connectivity index (χ0) is 31.6. The Hall–Kier alpha value is -0.279. The molecule has 0 heterocycles. The Bertz CT molecular complexity index is 1100. The van der Waals surface area contributed by atoms with E-state index in [1.807, 2.05) is 0 Å². The van der Waals surface area contributed by atoms with Gasteiger partial charge in [-0.1, -0.05) is 85.6 Å². The van der Waals surface area contributed by atoms with Crippen LogP contribution in [0.4, 0.5) is 0 Å². The molecule has 6 rings (SSSR count). The molecule has 0 bridgehead atoms. The molecule has 2 saturated carbocycles. The van der Waals surface area contributed by atoms with Gasteiger partial charge in [0.05, 0.1) is 48.4 Å². The summed E-state index contributed by atoms with van der Waals surface area (Å²) in [5.74, 6) is 0. The molecule has 0 unspecified atom stereocenters. The number of benzene rings is 4. The second-order valence-corrected chi connectivity index (χ2v) is 16.8. The molecule has 8 heteroatoms. The first-order valence-electron chi connectivity index (χ1n) is 15.4. The van der Waals surface area contributed by atoms with Crippen molar-refractivity contribution in [3.05, 3.63) is 121 Å². The maximum absolute atomic E-state index is 6.48. The van der Waals surface area contributed by atoms with Crippen molar-refractivity contribution >= 4 is 55.4 Å². The fraction of sp³-hybridized carbons (Fsp3) is 0.333. The van der Waals surface area contributed by atoms with E-state index in [-0.39, 0.29) is 0 Å². The summed E-state index contributed by atoms with van der Waals surface area (Å²) in [5.41, 5.74) is 14.3. The summed E-state index contributed by atoms with van der Waals surface area (Å²) in [6, 6.07) is 44.8. The van der Waals surface area contributed by atoms with E-state index in [1.165, 1.54) is 72.6 Å². The number of rotatable bonds is 6. The Morgan fingerprint density at radius 3 is 0.864 bits per heavy atom. The van der Waals surface area contributed by atoms with Gasteiger partial charge in [-0.05, 0) is 87.1 Å². The van der Waals surface area contributed by atoms with Crippen molar-refractivity contribution in [1.29, 1.82) is 0 Å². The van der Waals surface area contributed by atoms with Crippen LogP contribution in [0.15, 0.2) is 121 Å². The monoisotopic (exact) mass is 1030 g/mol. The molecule has 0 amide bonds. The van der Waals surface area contributed by atoms with Gasteiger partial charge < -0.3 is 11.5 Å². The summed E-state index contributed by atoms with van der Waals surface area (Å²) < 4.78 is 0. The Kier molecular flexibility index (Phi) is 19.4. The summed E-state index contributed by atoms with van der Waals surface area (Å²) in [6.07, 6.45) is 10.3. The van der Waals surface area contributed by atoms with Gasteiger partial charge in [0.15, 0.2) is 0 Å². The second kappa shape index (κ2) is 22.3. The number of nitrogens with two attached hydrogens (primary N) is 2. The zero-order valence-electron chi connectivity index (χ0n) is 25.0. The first kappa shape index (κ1) is 38.2. The van der Waals surface area contributed by atoms with E-state index in [4.69, 9.17) is 11.5 Å². The quantitative estimate of drug-likeness (QED) is 0.155. The first-order valence-corrected chi connectivity index (χ1v) is 23.9. The van der Waals surface area contributed by atoms with E-state index in [9.17, 15) is 0 Å². The Morgan fingerprint density at radius 1 is 0.409 bits per heavy atom. The van der Waals surface area contributed by atoms with Gasteiger partial charge in [0, 0.05) is 12.1 Å². The molecule has 2 aliphatic carbocycles. The van der Waals surface area contributed by atoms with E-state index < -0.39 is 15.8 Å². The van der Waals surface area contributed by atoms with Crippen molar-refractivity contribution in [3.63, 3.8) is 0 Å². The Balaban J connectivity index is 0.000000216. The van der Waals surface area contributed by atoms with Crippen molar-refractivity contribution in [3.8, 4) is 0 Å². The van der Waals surface area contributed by atoms with Crippen molar-refractivity contribution in [1.82, 2.24) is 0 Å². The standard InChI is InChI=1S/2C18H22NP.2Au.2ClH/c2*19-17-13-7-8-14-18(17)20(15-9-3-1-4-10-15)16-11-5-2-6-12-16;;;;/h2*1-6,9-12,17-18H,7-8,13-14,19H2;;;2*1H/q;;2*+1;;/t2*17-,18-;;;;/m10..../s1. The van der Waals surface area contributed by atoms with Crippen LogP contribution in [0.1, 0.15) is 51.4 Å². The molecule has 0 aliphatic heterocycles. The summed E-state index contributed by atoms with van der Waals surface area (Å²) in [7, 11) is 7.62. The third kappa shape index (κ3) is 11.5. The molecule has 4 aromatic carbocycles. The van der Waals surface area contributed by atoms with E-state index in [0.29, 0.717) is 23.4 Å². The van der Waals surface area contributed by atoms with Crippen molar-refractivity contribution in [2.45, 2.75) is 74.8 Å². The SMILES string of the molecule is N[C@@H]1CCCC[C@H]1[PH+](c1ccccc1)c1ccccc1.N[C@H]1CCCC[C@@H]1[PH+](c1ccccc1)c1ccccc1.[Cl][Au].[Cl][Au]. The van der Waals surface area contributed by atoms with Gasteiger partial charge in [0.2, 0.25) is 0 Å². The van der Waals surface area contributed by atoms with Crippen LogP contribution in [0.2, 0.25) is 0 Å². The average molecular weight is 1030 g/mol. The molecule has 0 spiro atoms. The average Bonchev–Trinajstić information content (AvgIpc) is 3.11. The van der Waals surface area contributed by atoms with Crippen LogP contribution in [0.5, 0.6) is 0 Å². The van der Waals surface area contributed by atoms with Gasteiger partial charge in [-0.15, -0.1) is 0 Å². The predicted octanol–water partition coefficient (Wildman–Crippen LogP) is 7.62. The molecule has 44 heavy (non-hydrogen) atoms. The second-order valence-electron chi connectivity index (χ2n) is 11.4. The van der Waals surface area contributed by atoms with Gasteiger partial charge in [-0.25, -0.2) is 0 Å². The molecule has 0 aromatic heterocycles. The van der Waals surface area contributed by atoms with Crippen LogP contribution in [0.25, 0.3) is 0 Å². The fourth-order valence-electron chi connectivity index (χ4n) is 6.70. The van der Waals surface area contributed by atoms with Gasteiger partial charge in [-0.3, -0.25) is 0 Å². The molecular weight excluding hydrogens is 987 g/mol. The van der Waals surface area contributed by atoms with Crippen molar-refractivity contribution in [2.24, 2.45) is 11.5 Å². The molecule has 0 radical (unpaired) electrons. The van der Waals surface area contributed by atoms with Crippen LogP contribution in [0.3, 0.4) is 0 Å². The Morgan fingerprint density at radius 2 is 0.636 bits per heavy atom. The van der Waals surface area contributed by atoms with Crippen LogP contribution in [0, 0.1) is 0 Å². The molecule has 0 saturated heterocycles. The third-order valence-corrected chi connectivity index (χ3v) is 15.5. The maximum atomic E-state index is 6.48. The summed E-state index contributed by atoms with van der Waals surface area (Å²) in [5, 5.41) is 6.02. The zero-order valence-corrected chi connectivity index (χ0v) is 32.9. The van der Waals surface area contributed by atoms with Crippen LogP contribution in [-0.2, 0) is 40.0 Å². The molecule has 2 aliphatic rings. The molecule has 4 aromatic rings. The summed E-state index contributed by atoms with van der Waals surface area (Å²) in [4.78, 5) is 0. The van der Waals surface area contributed by atoms with E-state index in [1.54, 1.807) is 40.0 Å². The van der Waals surface area contributed by atoms with Gasteiger partial charge in [0.25, 0.3) is 0 Å². The minimum atomic E-state index is -0.774. The Labute approximate surface area is 300 Å². The molecular formula is C36H46Au2Cl2N2P2+2. The minimum absolute atomic E-state index is 0.373. The number of hydrogen-bond acceptors (Lipinski definition) is 2. The third-order valence-electron chi connectivity index (χ3n) is 8.72. The first-order chi connectivity index (χ1) is 21.7.